The minimum Gasteiger partial charge on any atom is -0.330 e. The lowest BCUT2D eigenvalue weighted by atomic mass is 9.95. The van der Waals surface area contributed by atoms with Crippen LogP contribution >= 0.6 is 0 Å². The van der Waals surface area contributed by atoms with Crippen LogP contribution in [0.4, 0.5) is 0 Å². The van der Waals surface area contributed by atoms with Crippen LogP contribution < -0.4 is 11.5 Å². The maximum atomic E-state index is 11.6. The summed E-state index contributed by atoms with van der Waals surface area (Å²) in [5, 5.41) is 0. The highest BCUT2D eigenvalue weighted by Crippen LogP contribution is 2.11. The van der Waals surface area contributed by atoms with Crippen molar-refractivity contribution in [3.05, 3.63) is 0 Å². The van der Waals surface area contributed by atoms with Gasteiger partial charge in [-0.05, 0) is 38.8 Å². The van der Waals surface area contributed by atoms with Crippen molar-refractivity contribution in [2.24, 2.45) is 17.4 Å². The molecule has 0 aliphatic rings. The Labute approximate surface area is 97.8 Å². The fraction of sp³-hybridized carbons (Fsp3) is 0.833. The van der Waals surface area contributed by atoms with Gasteiger partial charge in [-0.2, -0.15) is 0 Å². The van der Waals surface area contributed by atoms with Crippen LogP contribution in [0.5, 0.6) is 0 Å². The molecule has 0 spiro atoms. The molecule has 0 aromatic carbocycles. The minimum absolute atomic E-state index is 0.0732. The third-order valence-electron chi connectivity index (χ3n) is 2.67. The molecule has 0 rings (SSSR count). The first-order chi connectivity index (χ1) is 7.76. The van der Waals surface area contributed by atoms with E-state index in [9.17, 15) is 9.59 Å². The zero-order valence-electron chi connectivity index (χ0n) is 9.99. The van der Waals surface area contributed by atoms with E-state index in [0.717, 1.165) is 38.4 Å². The van der Waals surface area contributed by atoms with Crippen molar-refractivity contribution in [1.82, 2.24) is 0 Å². The lowest BCUT2D eigenvalue weighted by Gasteiger charge is -2.08. The Kier molecular flexibility index (Phi) is 10.3. The minimum atomic E-state index is -0.413. The Balaban J connectivity index is 3.69. The van der Waals surface area contributed by atoms with Gasteiger partial charge in [-0.25, -0.2) is 0 Å². The van der Waals surface area contributed by atoms with E-state index >= 15 is 0 Å². The van der Waals surface area contributed by atoms with Crippen LogP contribution in [0.1, 0.15) is 44.9 Å². The highest BCUT2D eigenvalue weighted by atomic mass is 16.1. The molecule has 4 nitrogen and oxygen atoms in total. The van der Waals surface area contributed by atoms with Crippen LogP contribution in [0, 0.1) is 5.92 Å². The van der Waals surface area contributed by atoms with E-state index in [0.29, 0.717) is 25.9 Å². The molecule has 0 bridgehead atoms. The molecule has 0 heterocycles. The van der Waals surface area contributed by atoms with Crippen molar-refractivity contribution in [3.63, 3.8) is 0 Å². The normalized spacial score (nSPS) is 12.4. The molecular weight excluding hydrogens is 204 g/mol. The summed E-state index contributed by atoms with van der Waals surface area (Å²) in [6.45, 7) is 1.29. The zero-order valence-corrected chi connectivity index (χ0v) is 9.99. The van der Waals surface area contributed by atoms with Gasteiger partial charge in [0.1, 0.15) is 12.1 Å². The van der Waals surface area contributed by atoms with Crippen LogP contribution in [0.25, 0.3) is 0 Å². The van der Waals surface area contributed by atoms with Gasteiger partial charge in [-0.3, -0.25) is 4.79 Å². The lowest BCUT2D eigenvalue weighted by molar-refractivity contribution is -0.127. The third kappa shape index (κ3) is 7.54. The smallest absolute Gasteiger partial charge is 0.143 e. The molecule has 0 aromatic rings. The van der Waals surface area contributed by atoms with Crippen LogP contribution in [-0.2, 0) is 9.59 Å². The summed E-state index contributed by atoms with van der Waals surface area (Å²) >= 11 is 0. The number of rotatable bonds is 11. The van der Waals surface area contributed by atoms with Crippen molar-refractivity contribution < 1.29 is 9.59 Å². The van der Waals surface area contributed by atoms with E-state index < -0.39 is 5.92 Å². The number of carbonyl (C=O) groups excluding carboxylic acids is 2. The summed E-state index contributed by atoms with van der Waals surface area (Å²) < 4.78 is 0. The summed E-state index contributed by atoms with van der Waals surface area (Å²) in [5.41, 5.74) is 10.7. The van der Waals surface area contributed by atoms with E-state index in [1.54, 1.807) is 0 Å². The van der Waals surface area contributed by atoms with Crippen molar-refractivity contribution in [1.29, 1.82) is 0 Å². The molecule has 16 heavy (non-hydrogen) atoms. The highest BCUT2D eigenvalue weighted by molar-refractivity contribution is 5.93. The first kappa shape index (κ1) is 15.3. The van der Waals surface area contributed by atoms with Gasteiger partial charge in [-0.15, -0.1) is 0 Å². The van der Waals surface area contributed by atoms with Crippen molar-refractivity contribution in [2.75, 3.05) is 13.1 Å². The number of ketones is 1. The standard InChI is InChI=1S/C12H24N2O2/c13-8-4-1-2-7-12(16)11(10-15)6-3-5-9-14/h10-11H,1-9,13-14H2. The number of aldehydes is 1. The van der Waals surface area contributed by atoms with E-state index in [1.807, 2.05) is 0 Å². The van der Waals surface area contributed by atoms with E-state index in [4.69, 9.17) is 11.5 Å². The maximum Gasteiger partial charge on any atom is 0.143 e. The first-order valence-corrected chi connectivity index (χ1v) is 6.14. The van der Waals surface area contributed by atoms with Gasteiger partial charge in [-0.1, -0.05) is 12.8 Å². The Morgan fingerprint density at radius 3 is 2.19 bits per heavy atom. The predicted octanol–water partition coefficient (Wildman–Crippen LogP) is 1.02. The molecule has 0 amide bonds. The van der Waals surface area contributed by atoms with Gasteiger partial charge >= 0.3 is 0 Å². The first-order valence-electron chi connectivity index (χ1n) is 6.14. The van der Waals surface area contributed by atoms with Gasteiger partial charge in [0.25, 0.3) is 0 Å². The molecule has 0 radical (unpaired) electrons. The molecular formula is C12H24N2O2. The Morgan fingerprint density at radius 2 is 1.62 bits per heavy atom. The van der Waals surface area contributed by atoms with Crippen LogP contribution in [0.15, 0.2) is 0 Å². The van der Waals surface area contributed by atoms with Gasteiger partial charge in [0.15, 0.2) is 0 Å². The van der Waals surface area contributed by atoms with Gasteiger partial charge in [0.05, 0.1) is 5.92 Å². The molecule has 0 aliphatic carbocycles. The van der Waals surface area contributed by atoms with Gasteiger partial charge in [0.2, 0.25) is 0 Å². The predicted molar refractivity (Wildman–Crippen MR) is 65.0 cm³/mol. The second-order valence-electron chi connectivity index (χ2n) is 4.09. The molecule has 0 aromatic heterocycles. The number of nitrogens with two attached hydrogens (primary N) is 2. The van der Waals surface area contributed by atoms with Gasteiger partial charge < -0.3 is 16.3 Å². The molecule has 0 fully saturated rings. The Hall–Kier alpha value is -0.740. The van der Waals surface area contributed by atoms with Crippen molar-refractivity contribution in [2.45, 2.75) is 44.9 Å². The van der Waals surface area contributed by atoms with Crippen LogP contribution in [0.3, 0.4) is 0 Å². The number of hydrogen-bond donors (Lipinski definition) is 2. The number of carbonyl (C=O) groups is 2. The fourth-order valence-electron chi connectivity index (χ4n) is 1.62. The summed E-state index contributed by atoms with van der Waals surface area (Å²) in [5.74, 6) is -0.339. The number of unbranched alkanes of at least 4 members (excludes halogenated alkanes) is 3. The third-order valence-corrected chi connectivity index (χ3v) is 2.67. The summed E-state index contributed by atoms with van der Waals surface area (Å²) in [7, 11) is 0. The maximum absolute atomic E-state index is 11.6. The second-order valence-corrected chi connectivity index (χ2v) is 4.09. The molecule has 94 valence electrons. The molecule has 0 saturated carbocycles. The molecule has 4 N–H and O–H groups in total. The van der Waals surface area contributed by atoms with Crippen molar-refractivity contribution >= 4 is 12.1 Å². The average Bonchev–Trinajstić information content (AvgIpc) is 2.30. The van der Waals surface area contributed by atoms with E-state index in [-0.39, 0.29) is 5.78 Å². The Morgan fingerprint density at radius 1 is 1.00 bits per heavy atom. The average molecular weight is 228 g/mol. The monoisotopic (exact) mass is 228 g/mol. The SMILES string of the molecule is NCCCCCC(=O)C(C=O)CCCCN. The molecule has 0 saturated heterocycles. The highest BCUT2D eigenvalue weighted by Gasteiger charge is 2.16. The Bertz CT molecular complexity index is 195. The van der Waals surface area contributed by atoms with Crippen LogP contribution in [-0.4, -0.2) is 25.2 Å². The number of Topliss-reactive ketones (excluding diaryl/α,β-unsaturated/α-hetero) is 1. The van der Waals surface area contributed by atoms with Crippen molar-refractivity contribution in [3.8, 4) is 0 Å². The number of hydrogen-bond acceptors (Lipinski definition) is 4. The summed E-state index contributed by atoms with van der Waals surface area (Å²) in [6.07, 6.45) is 6.43. The molecule has 1 unspecified atom stereocenters. The fourth-order valence-corrected chi connectivity index (χ4v) is 1.62. The topological polar surface area (TPSA) is 86.2 Å². The second kappa shape index (κ2) is 10.8. The lowest BCUT2D eigenvalue weighted by Crippen LogP contribution is -2.16. The largest absolute Gasteiger partial charge is 0.330 e. The summed E-state index contributed by atoms with van der Waals surface area (Å²) in [6, 6.07) is 0. The van der Waals surface area contributed by atoms with Gasteiger partial charge in [0, 0.05) is 6.42 Å². The molecule has 0 aliphatic heterocycles. The van der Waals surface area contributed by atoms with E-state index in [2.05, 4.69) is 0 Å². The van der Waals surface area contributed by atoms with Crippen LogP contribution in [0.2, 0.25) is 0 Å². The molecule has 1 atom stereocenters. The molecule has 4 heteroatoms. The summed E-state index contributed by atoms with van der Waals surface area (Å²) in [4.78, 5) is 22.4. The quantitative estimate of drug-likeness (QED) is 0.314. The zero-order chi connectivity index (χ0) is 12.2. The van der Waals surface area contributed by atoms with E-state index in [1.165, 1.54) is 0 Å².